The summed E-state index contributed by atoms with van der Waals surface area (Å²) in [6, 6.07) is -0.359. The Hall–Kier alpha value is -1.24. The Kier molecular flexibility index (Phi) is 2.37. The van der Waals surface area contributed by atoms with Crippen molar-refractivity contribution < 1.29 is 13.5 Å². The summed E-state index contributed by atoms with van der Waals surface area (Å²) in [5.41, 5.74) is -0.0589. The molecule has 1 saturated heterocycles. The Balaban J connectivity index is 2.51. The molecule has 1 aromatic rings. The van der Waals surface area contributed by atoms with Gasteiger partial charge in [-0.2, -0.15) is 0 Å². The first kappa shape index (κ1) is 11.3. The molecule has 0 bridgehead atoms. The first-order valence-electron chi connectivity index (χ1n) is 5.01. The summed E-state index contributed by atoms with van der Waals surface area (Å²) in [6.45, 7) is 1.62. The molecule has 0 radical (unpaired) electrons. The minimum Gasteiger partial charge on any atom is -0.502 e. The van der Waals surface area contributed by atoms with Gasteiger partial charge in [-0.05, 0) is 13.3 Å². The molecule has 7 heteroatoms. The van der Waals surface area contributed by atoms with Crippen LogP contribution in [0.1, 0.15) is 18.2 Å². The van der Waals surface area contributed by atoms with Crippen LogP contribution in [0.3, 0.4) is 0 Å². The monoisotopic (exact) mass is 246 g/mol. The minimum atomic E-state index is -3.04. The number of aromatic hydroxyl groups is 1. The largest absolute Gasteiger partial charge is 0.502 e. The average Bonchev–Trinajstić information content (AvgIpc) is 2.63. The summed E-state index contributed by atoms with van der Waals surface area (Å²) in [4.78, 5) is 11.7. The third kappa shape index (κ3) is 1.55. The molecule has 0 aliphatic carbocycles. The van der Waals surface area contributed by atoms with Gasteiger partial charge in [0.2, 0.25) is 5.75 Å². The van der Waals surface area contributed by atoms with Crippen molar-refractivity contribution in [2.75, 3.05) is 11.5 Å². The third-order valence-corrected chi connectivity index (χ3v) is 4.87. The van der Waals surface area contributed by atoms with Crippen molar-refractivity contribution in [3.63, 3.8) is 0 Å². The van der Waals surface area contributed by atoms with Crippen molar-refractivity contribution in [1.82, 2.24) is 9.36 Å². The van der Waals surface area contributed by atoms with Crippen molar-refractivity contribution in [3.05, 3.63) is 16.0 Å². The summed E-state index contributed by atoms with van der Waals surface area (Å²) in [5.74, 6) is -0.217. The molecule has 0 spiro atoms. The fourth-order valence-electron chi connectivity index (χ4n) is 2.09. The maximum Gasteiger partial charge on any atom is 0.309 e. The molecule has 16 heavy (non-hydrogen) atoms. The lowest BCUT2D eigenvalue weighted by atomic mass is 10.3. The van der Waals surface area contributed by atoms with Crippen molar-refractivity contribution in [2.45, 2.75) is 19.4 Å². The van der Waals surface area contributed by atoms with E-state index in [4.69, 9.17) is 0 Å². The summed E-state index contributed by atoms with van der Waals surface area (Å²) in [5, 5.41) is 9.49. The van der Waals surface area contributed by atoms with Gasteiger partial charge < -0.3 is 5.11 Å². The zero-order valence-corrected chi connectivity index (χ0v) is 9.99. The van der Waals surface area contributed by atoms with E-state index < -0.39 is 15.4 Å². The second kappa shape index (κ2) is 3.38. The van der Waals surface area contributed by atoms with Crippen molar-refractivity contribution in [2.24, 2.45) is 7.05 Å². The van der Waals surface area contributed by atoms with Crippen LogP contribution in [0.15, 0.2) is 4.79 Å². The number of sulfone groups is 1. The van der Waals surface area contributed by atoms with Gasteiger partial charge in [0.15, 0.2) is 9.84 Å². The minimum absolute atomic E-state index is 0.0242. The molecule has 0 aromatic carbocycles. The van der Waals surface area contributed by atoms with Crippen molar-refractivity contribution in [3.8, 4) is 5.75 Å². The molecular formula is C9H14N2O4S. The Morgan fingerprint density at radius 3 is 2.44 bits per heavy atom. The molecule has 1 aliphatic heterocycles. The predicted octanol–water partition coefficient (Wildman–Crippen LogP) is -0.440. The topological polar surface area (TPSA) is 81.3 Å². The molecule has 1 aliphatic rings. The van der Waals surface area contributed by atoms with Gasteiger partial charge in [0, 0.05) is 7.05 Å². The van der Waals surface area contributed by atoms with Crippen LogP contribution in [0.4, 0.5) is 0 Å². The van der Waals surface area contributed by atoms with Gasteiger partial charge >= 0.3 is 5.56 Å². The van der Waals surface area contributed by atoms with E-state index in [-0.39, 0.29) is 23.3 Å². The first-order valence-corrected chi connectivity index (χ1v) is 6.83. The van der Waals surface area contributed by atoms with Gasteiger partial charge in [0.25, 0.3) is 0 Å². The maximum absolute atomic E-state index is 11.7. The van der Waals surface area contributed by atoms with Crippen molar-refractivity contribution in [1.29, 1.82) is 0 Å². The molecule has 2 rings (SSSR count). The van der Waals surface area contributed by atoms with E-state index in [1.807, 2.05) is 0 Å². The Bertz CT molecular complexity index is 581. The highest BCUT2D eigenvalue weighted by atomic mass is 32.2. The van der Waals surface area contributed by atoms with Gasteiger partial charge in [-0.25, -0.2) is 13.1 Å². The summed E-state index contributed by atoms with van der Waals surface area (Å²) < 4.78 is 25.5. The summed E-state index contributed by atoms with van der Waals surface area (Å²) >= 11 is 0. The Morgan fingerprint density at radius 2 is 2.06 bits per heavy atom. The van der Waals surface area contributed by atoms with Crippen LogP contribution in [-0.4, -0.2) is 34.4 Å². The van der Waals surface area contributed by atoms with E-state index in [0.29, 0.717) is 12.1 Å². The lowest BCUT2D eigenvalue weighted by molar-refractivity contribution is 0.411. The van der Waals surface area contributed by atoms with Crippen LogP contribution in [0.25, 0.3) is 0 Å². The van der Waals surface area contributed by atoms with Crippen LogP contribution < -0.4 is 5.56 Å². The molecule has 6 nitrogen and oxygen atoms in total. The fourth-order valence-corrected chi connectivity index (χ4v) is 3.79. The molecule has 1 unspecified atom stereocenters. The molecular weight excluding hydrogens is 232 g/mol. The average molecular weight is 246 g/mol. The number of rotatable bonds is 1. The van der Waals surface area contributed by atoms with E-state index in [9.17, 15) is 18.3 Å². The standard InChI is InChI=1S/C9H14N2O4S/c1-6-8(12)9(13)11(10(6)2)7-3-4-16(14,15)5-7/h7,12H,3-5H2,1-2H3. The van der Waals surface area contributed by atoms with Gasteiger partial charge in [-0.3, -0.25) is 9.48 Å². The third-order valence-electron chi connectivity index (χ3n) is 3.12. The predicted molar refractivity (Wildman–Crippen MR) is 58.4 cm³/mol. The number of hydrogen-bond acceptors (Lipinski definition) is 4. The zero-order valence-electron chi connectivity index (χ0n) is 9.17. The van der Waals surface area contributed by atoms with Crippen LogP contribution in [0.2, 0.25) is 0 Å². The molecule has 90 valence electrons. The van der Waals surface area contributed by atoms with Gasteiger partial charge in [0.1, 0.15) is 0 Å². The zero-order chi connectivity index (χ0) is 12.1. The normalized spacial score (nSPS) is 23.8. The van der Waals surface area contributed by atoms with E-state index >= 15 is 0 Å². The number of nitrogens with zero attached hydrogens (tertiary/aromatic N) is 2. The van der Waals surface area contributed by atoms with E-state index in [2.05, 4.69) is 0 Å². The highest BCUT2D eigenvalue weighted by Crippen LogP contribution is 2.24. The van der Waals surface area contributed by atoms with E-state index in [1.54, 1.807) is 14.0 Å². The van der Waals surface area contributed by atoms with E-state index in [0.717, 1.165) is 0 Å². The van der Waals surface area contributed by atoms with Crippen molar-refractivity contribution >= 4 is 9.84 Å². The molecule has 0 amide bonds. The number of hydrogen-bond donors (Lipinski definition) is 1. The fraction of sp³-hybridized carbons (Fsp3) is 0.667. The first-order chi connectivity index (χ1) is 7.33. The molecule has 1 aromatic heterocycles. The second-order valence-electron chi connectivity index (χ2n) is 4.16. The smallest absolute Gasteiger partial charge is 0.309 e. The van der Waals surface area contributed by atoms with Gasteiger partial charge in [0.05, 0.1) is 23.2 Å². The summed E-state index contributed by atoms with van der Waals surface area (Å²) in [7, 11) is -1.40. The molecule has 2 heterocycles. The quantitative estimate of drug-likeness (QED) is 0.728. The maximum atomic E-state index is 11.7. The van der Waals surface area contributed by atoms with Gasteiger partial charge in [-0.15, -0.1) is 0 Å². The van der Waals surface area contributed by atoms with Crippen LogP contribution in [0.5, 0.6) is 5.75 Å². The lowest BCUT2D eigenvalue weighted by Crippen LogP contribution is -2.27. The molecule has 0 saturated carbocycles. The molecule has 1 fully saturated rings. The van der Waals surface area contributed by atoms with Gasteiger partial charge in [-0.1, -0.05) is 0 Å². The molecule has 1 N–H and O–H groups in total. The Labute approximate surface area is 93.0 Å². The van der Waals surface area contributed by atoms with E-state index in [1.165, 1.54) is 9.36 Å². The number of aromatic nitrogens is 2. The second-order valence-corrected chi connectivity index (χ2v) is 6.39. The highest BCUT2D eigenvalue weighted by molar-refractivity contribution is 7.91. The summed E-state index contributed by atoms with van der Waals surface area (Å²) in [6.07, 6.45) is 0.430. The Morgan fingerprint density at radius 1 is 1.44 bits per heavy atom. The van der Waals surface area contributed by atoms with Crippen LogP contribution >= 0.6 is 0 Å². The highest BCUT2D eigenvalue weighted by Gasteiger charge is 2.32. The molecule has 1 atom stereocenters. The SMILES string of the molecule is Cc1c(O)c(=O)n(C2CCS(=O)(=O)C2)n1C. The lowest BCUT2D eigenvalue weighted by Gasteiger charge is -2.13. The van der Waals surface area contributed by atoms with Crippen LogP contribution in [-0.2, 0) is 16.9 Å². The van der Waals surface area contributed by atoms with Crippen LogP contribution in [0, 0.1) is 6.92 Å².